The summed E-state index contributed by atoms with van der Waals surface area (Å²) in [6.45, 7) is 6.36. The number of nitriles is 1. The van der Waals surface area contributed by atoms with Gasteiger partial charge in [-0.1, -0.05) is 20.8 Å². The van der Waals surface area contributed by atoms with E-state index < -0.39 is 11.2 Å². The monoisotopic (exact) mass is 207 g/mol. The zero-order chi connectivity index (χ0) is 11.6. The van der Waals surface area contributed by atoms with Crippen LogP contribution < -0.4 is 11.2 Å². The Hall–Kier alpha value is -1.83. The van der Waals surface area contributed by atoms with Gasteiger partial charge in [0.15, 0.2) is 0 Å². The molecule has 5 heteroatoms. The van der Waals surface area contributed by atoms with Crippen molar-refractivity contribution in [3.63, 3.8) is 0 Å². The molecule has 1 aromatic heterocycles. The number of H-pyrrole nitrogens is 1. The highest BCUT2D eigenvalue weighted by atomic mass is 16.2. The molecule has 0 unspecified atom stereocenters. The van der Waals surface area contributed by atoms with E-state index in [2.05, 4.69) is 4.98 Å². The van der Waals surface area contributed by atoms with Crippen LogP contribution in [-0.4, -0.2) is 9.55 Å². The lowest BCUT2D eigenvalue weighted by atomic mass is 9.97. The zero-order valence-electron chi connectivity index (χ0n) is 9.00. The molecule has 0 amide bonds. The molecular formula is C10H13N3O2. The maximum atomic E-state index is 11.4. The molecule has 0 aliphatic rings. The molecule has 1 rings (SSSR count). The van der Waals surface area contributed by atoms with Gasteiger partial charge in [-0.3, -0.25) is 14.3 Å². The SMILES string of the molecule is CC(C)(C)Cn1cc(C#N)c(=O)[nH]c1=O. The molecule has 5 nitrogen and oxygen atoms in total. The summed E-state index contributed by atoms with van der Waals surface area (Å²) in [6.07, 6.45) is 1.30. The molecule has 0 radical (unpaired) electrons. The van der Waals surface area contributed by atoms with Crippen molar-refractivity contribution in [1.29, 1.82) is 5.26 Å². The molecule has 0 atom stereocenters. The van der Waals surface area contributed by atoms with Gasteiger partial charge in [0.1, 0.15) is 11.6 Å². The second-order valence-electron chi connectivity index (χ2n) is 4.60. The van der Waals surface area contributed by atoms with Crippen LogP contribution in [-0.2, 0) is 6.54 Å². The number of hydrogen-bond acceptors (Lipinski definition) is 3. The first-order valence-electron chi connectivity index (χ1n) is 4.57. The summed E-state index contributed by atoms with van der Waals surface area (Å²) in [5, 5.41) is 8.65. The van der Waals surface area contributed by atoms with E-state index in [1.807, 2.05) is 20.8 Å². The Morgan fingerprint density at radius 1 is 1.47 bits per heavy atom. The molecule has 1 heterocycles. The minimum Gasteiger partial charge on any atom is -0.299 e. The topological polar surface area (TPSA) is 78.7 Å². The third kappa shape index (κ3) is 2.81. The van der Waals surface area contributed by atoms with Crippen LogP contribution in [0.5, 0.6) is 0 Å². The van der Waals surface area contributed by atoms with Gasteiger partial charge in [0.2, 0.25) is 0 Å². The number of rotatable bonds is 1. The summed E-state index contributed by atoms with van der Waals surface area (Å²) in [4.78, 5) is 24.6. The lowest BCUT2D eigenvalue weighted by Gasteiger charge is -2.19. The van der Waals surface area contributed by atoms with Crippen molar-refractivity contribution in [3.05, 3.63) is 32.6 Å². The Kier molecular flexibility index (Phi) is 2.80. The molecular weight excluding hydrogens is 194 g/mol. The van der Waals surface area contributed by atoms with Crippen molar-refractivity contribution in [3.8, 4) is 6.07 Å². The van der Waals surface area contributed by atoms with Crippen molar-refractivity contribution in [2.24, 2.45) is 5.41 Å². The van der Waals surface area contributed by atoms with Crippen LogP contribution in [0.3, 0.4) is 0 Å². The minimum atomic E-state index is -0.632. The fourth-order valence-corrected chi connectivity index (χ4v) is 1.22. The summed E-state index contributed by atoms with van der Waals surface area (Å²) in [7, 11) is 0. The van der Waals surface area contributed by atoms with E-state index in [1.165, 1.54) is 10.8 Å². The van der Waals surface area contributed by atoms with Crippen molar-refractivity contribution < 1.29 is 0 Å². The summed E-state index contributed by atoms with van der Waals surface area (Å²) >= 11 is 0. The van der Waals surface area contributed by atoms with E-state index in [9.17, 15) is 9.59 Å². The summed E-state index contributed by atoms with van der Waals surface area (Å²) < 4.78 is 1.35. The lowest BCUT2D eigenvalue weighted by molar-refractivity contribution is 0.335. The quantitative estimate of drug-likeness (QED) is 0.726. The van der Waals surface area contributed by atoms with Gasteiger partial charge in [0, 0.05) is 12.7 Å². The standard InChI is InChI=1S/C10H13N3O2/c1-10(2,3)6-13-5-7(4-11)8(14)12-9(13)15/h5H,6H2,1-3H3,(H,12,14,15). The van der Waals surface area contributed by atoms with Crippen molar-refractivity contribution in [1.82, 2.24) is 9.55 Å². The van der Waals surface area contributed by atoms with E-state index in [-0.39, 0.29) is 11.0 Å². The lowest BCUT2D eigenvalue weighted by Crippen LogP contribution is -2.34. The van der Waals surface area contributed by atoms with Crippen LogP contribution in [0.1, 0.15) is 26.3 Å². The van der Waals surface area contributed by atoms with Crippen LogP contribution in [0, 0.1) is 16.7 Å². The predicted molar refractivity (Wildman–Crippen MR) is 55.5 cm³/mol. The first kappa shape index (κ1) is 11.2. The molecule has 0 bridgehead atoms. The average molecular weight is 207 g/mol. The average Bonchev–Trinajstić information content (AvgIpc) is 2.07. The Bertz CT molecular complexity index is 511. The van der Waals surface area contributed by atoms with Gasteiger partial charge in [-0.05, 0) is 5.41 Å². The van der Waals surface area contributed by atoms with Gasteiger partial charge in [-0.15, -0.1) is 0 Å². The first-order chi connectivity index (χ1) is 6.83. The summed E-state index contributed by atoms with van der Waals surface area (Å²) in [6, 6.07) is 1.75. The molecule has 0 fully saturated rings. The van der Waals surface area contributed by atoms with Gasteiger partial charge >= 0.3 is 5.69 Å². The van der Waals surface area contributed by atoms with Gasteiger partial charge < -0.3 is 0 Å². The largest absolute Gasteiger partial charge is 0.328 e. The highest BCUT2D eigenvalue weighted by molar-refractivity contribution is 5.21. The predicted octanol–water partition coefficient (Wildman–Crippen LogP) is 0.454. The molecule has 0 saturated carbocycles. The molecule has 80 valence electrons. The molecule has 0 aliphatic carbocycles. The zero-order valence-corrected chi connectivity index (χ0v) is 9.00. The molecule has 0 saturated heterocycles. The third-order valence-corrected chi connectivity index (χ3v) is 1.78. The minimum absolute atomic E-state index is 0.0427. The van der Waals surface area contributed by atoms with Crippen LogP contribution in [0.4, 0.5) is 0 Å². The molecule has 15 heavy (non-hydrogen) atoms. The van der Waals surface area contributed by atoms with E-state index in [1.54, 1.807) is 6.07 Å². The fourth-order valence-electron chi connectivity index (χ4n) is 1.22. The van der Waals surface area contributed by atoms with Gasteiger partial charge in [-0.25, -0.2) is 4.79 Å². The second kappa shape index (κ2) is 3.73. The van der Waals surface area contributed by atoms with Gasteiger partial charge in [0.25, 0.3) is 5.56 Å². The van der Waals surface area contributed by atoms with Gasteiger partial charge in [-0.2, -0.15) is 5.26 Å². The van der Waals surface area contributed by atoms with Crippen molar-refractivity contribution >= 4 is 0 Å². The molecule has 0 spiro atoms. The van der Waals surface area contributed by atoms with E-state index in [0.29, 0.717) is 6.54 Å². The van der Waals surface area contributed by atoms with Gasteiger partial charge in [0.05, 0.1) is 0 Å². The van der Waals surface area contributed by atoms with Crippen molar-refractivity contribution in [2.45, 2.75) is 27.3 Å². The van der Waals surface area contributed by atoms with E-state index >= 15 is 0 Å². The highest BCUT2D eigenvalue weighted by Gasteiger charge is 2.13. The molecule has 1 aromatic rings. The Morgan fingerprint density at radius 3 is 2.53 bits per heavy atom. The van der Waals surface area contributed by atoms with E-state index in [4.69, 9.17) is 5.26 Å². The first-order valence-corrected chi connectivity index (χ1v) is 4.57. The molecule has 1 N–H and O–H groups in total. The summed E-state index contributed by atoms with van der Waals surface area (Å²) in [5.74, 6) is 0. The number of nitrogens with zero attached hydrogens (tertiary/aromatic N) is 2. The molecule has 0 aromatic carbocycles. The summed E-state index contributed by atoms with van der Waals surface area (Å²) in [5.41, 5.74) is -1.24. The maximum absolute atomic E-state index is 11.4. The third-order valence-electron chi connectivity index (χ3n) is 1.78. The van der Waals surface area contributed by atoms with Crippen LogP contribution in [0.15, 0.2) is 15.8 Å². The fraction of sp³-hybridized carbons (Fsp3) is 0.500. The highest BCUT2D eigenvalue weighted by Crippen LogP contribution is 2.14. The smallest absolute Gasteiger partial charge is 0.299 e. The number of aromatic amines is 1. The van der Waals surface area contributed by atoms with Crippen LogP contribution in [0.2, 0.25) is 0 Å². The van der Waals surface area contributed by atoms with Crippen LogP contribution in [0.25, 0.3) is 0 Å². The Balaban J connectivity index is 3.28. The Morgan fingerprint density at radius 2 is 2.07 bits per heavy atom. The van der Waals surface area contributed by atoms with E-state index in [0.717, 1.165) is 0 Å². The Labute approximate surface area is 87.0 Å². The van der Waals surface area contributed by atoms with Crippen molar-refractivity contribution in [2.75, 3.05) is 0 Å². The molecule has 0 aliphatic heterocycles. The normalized spacial score (nSPS) is 11.1. The second-order valence-corrected chi connectivity index (χ2v) is 4.60. The maximum Gasteiger partial charge on any atom is 0.328 e. The van der Waals surface area contributed by atoms with Crippen LogP contribution >= 0.6 is 0 Å². The number of hydrogen-bond donors (Lipinski definition) is 1. The number of aromatic nitrogens is 2. The number of nitrogens with one attached hydrogen (secondary N) is 1.